The zero-order valence-electron chi connectivity index (χ0n) is 26.4. The lowest BCUT2D eigenvalue weighted by Gasteiger charge is -2.51. The number of rotatable bonds is 6. The van der Waals surface area contributed by atoms with Crippen molar-refractivity contribution in [2.45, 2.75) is 140 Å². The van der Waals surface area contributed by atoms with Crippen molar-refractivity contribution in [1.82, 2.24) is 5.32 Å². The van der Waals surface area contributed by atoms with Crippen LogP contribution >= 0.6 is 11.8 Å². The van der Waals surface area contributed by atoms with E-state index >= 15 is 0 Å². The van der Waals surface area contributed by atoms with Crippen molar-refractivity contribution < 1.29 is 38.7 Å². The molecule has 1 saturated heterocycles. The molecule has 10 atom stereocenters. The molecule has 10 heteroatoms. The van der Waals surface area contributed by atoms with Crippen LogP contribution in [-0.2, 0) is 23.7 Å². The van der Waals surface area contributed by atoms with E-state index in [2.05, 4.69) is 26.1 Å². The maximum atomic E-state index is 13.5. The summed E-state index contributed by atoms with van der Waals surface area (Å²) in [7, 11) is 0. The van der Waals surface area contributed by atoms with Gasteiger partial charge in [-0.15, -0.1) is 11.8 Å². The van der Waals surface area contributed by atoms with Crippen LogP contribution in [0.25, 0.3) is 0 Å². The maximum absolute atomic E-state index is 13.5. The van der Waals surface area contributed by atoms with Gasteiger partial charge in [-0.25, -0.2) is 4.79 Å². The van der Waals surface area contributed by atoms with Crippen molar-refractivity contribution in [3.8, 4) is 0 Å². The van der Waals surface area contributed by atoms with E-state index in [4.69, 9.17) is 18.9 Å². The largest absolute Gasteiger partial charge is 0.461 e. The molecule has 240 valence electrons. The number of hydrogen-bond acceptors (Lipinski definition) is 9. The topological polar surface area (TPSA) is 124 Å². The van der Waals surface area contributed by atoms with Crippen LogP contribution in [0.2, 0.25) is 0 Å². The Labute approximate surface area is 255 Å². The van der Waals surface area contributed by atoms with Crippen molar-refractivity contribution in [3.05, 3.63) is 0 Å². The summed E-state index contributed by atoms with van der Waals surface area (Å²) in [6.07, 6.45) is 4.89. The van der Waals surface area contributed by atoms with Crippen LogP contribution in [0.3, 0.4) is 0 Å². The predicted molar refractivity (Wildman–Crippen MR) is 160 cm³/mol. The Hall–Kier alpha value is -1.07. The van der Waals surface area contributed by atoms with Gasteiger partial charge in [0.1, 0.15) is 11.7 Å². The van der Waals surface area contributed by atoms with E-state index in [-0.39, 0.29) is 57.7 Å². The highest BCUT2D eigenvalue weighted by Crippen LogP contribution is 2.73. The lowest BCUT2D eigenvalue weighted by atomic mass is 9.60. The van der Waals surface area contributed by atoms with Crippen LogP contribution in [0.4, 0.5) is 4.79 Å². The zero-order valence-corrected chi connectivity index (χ0v) is 27.2. The van der Waals surface area contributed by atoms with Crippen LogP contribution in [0.1, 0.15) is 99.3 Å². The molecule has 0 aromatic carbocycles. The molecule has 4 aliphatic carbocycles. The number of alkyl carbamates (subject to hydrolysis) is 1. The molecule has 5 rings (SSSR count). The second-order valence-corrected chi connectivity index (χ2v) is 16.2. The van der Waals surface area contributed by atoms with E-state index in [0.29, 0.717) is 38.9 Å². The van der Waals surface area contributed by atoms with Gasteiger partial charge in [-0.2, -0.15) is 0 Å². The monoisotopic (exact) mass is 611 g/mol. The standard InChI is InChI=1S/C32H53NO8S/c1-7-20-14-25(30(6)19(2)16-31(17-23(20)35)10-11-32(27(30)31)38-12-13-39-32)40-26(36)18-42-24-9-8-21(15-22(24)34)33-28(37)41-29(3,4)5/h19-25,27,34-35H,7-18H2,1-6H3,(H,33,37)/t19-,20+,21-,22-,23-,24-,25+,27+,30+,31-/m1/s1. The summed E-state index contributed by atoms with van der Waals surface area (Å²) >= 11 is 1.44. The summed E-state index contributed by atoms with van der Waals surface area (Å²) in [6, 6.07) is -0.159. The average molecular weight is 612 g/mol. The Balaban J connectivity index is 1.24. The van der Waals surface area contributed by atoms with Gasteiger partial charge in [0.05, 0.1) is 31.2 Å². The number of esters is 1. The molecule has 1 amide bonds. The summed E-state index contributed by atoms with van der Waals surface area (Å²) in [5, 5.41) is 25.0. The van der Waals surface area contributed by atoms with Crippen molar-refractivity contribution in [3.63, 3.8) is 0 Å². The first kappa shape index (κ1) is 32.3. The molecule has 1 spiro atoms. The number of amides is 1. The highest BCUT2D eigenvalue weighted by atomic mass is 32.2. The molecule has 5 aliphatic rings. The minimum atomic E-state index is -0.659. The maximum Gasteiger partial charge on any atom is 0.407 e. The molecule has 0 unspecified atom stereocenters. The lowest BCUT2D eigenvalue weighted by Crippen LogP contribution is -2.55. The van der Waals surface area contributed by atoms with Gasteiger partial charge in [0, 0.05) is 29.0 Å². The van der Waals surface area contributed by atoms with Gasteiger partial charge in [0.25, 0.3) is 0 Å². The SMILES string of the molecule is CC[C@H]1C[C@H](OC(=O)CS[C@@H]2CC[C@@H](NC(=O)OC(C)(C)C)C[C@H]2O)[C@]2(C)[C@H](C)C[C@]3(CCC4(OCCO4)[C@H]32)C[C@H]1O. The van der Waals surface area contributed by atoms with E-state index in [1.807, 2.05) is 20.8 Å². The molecule has 3 N–H and O–H groups in total. The first-order valence-corrected chi connectivity index (χ1v) is 17.2. The minimum absolute atomic E-state index is 0.0579. The van der Waals surface area contributed by atoms with Crippen LogP contribution < -0.4 is 5.32 Å². The molecular formula is C32H53NO8S. The third-order valence-corrected chi connectivity index (χ3v) is 12.6. The summed E-state index contributed by atoms with van der Waals surface area (Å²) in [5.74, 6) is -0.372. The number of carbonyl (C=O) groups is 2. The molecule has 0 radical (unpaired) electrons. The first-order valence-electron chi connectivity index (χ1n) is 16.2. The van der Waals surface area contributed by atoms with Crippen molar-refractivity contribution in [2.75, 3.05) is 19.0 Å². The molecule has 9 nitrogen and oxygen atoms in total. The molecule has 0 aromatic rings. The Kier molecular flexibility index (Phi) is 9.26. The third kappa shape index (κ3) is 6.09. The average Bonchev–Trinajstić information content (AvgIpc) is 3.54. The van der Waals surface area contributed by atoms with Crippen molar-refractivity contribution in [2.24, 2.45) is 28.6 Å². The summed E-state index contributed by atoms with van der Waals surface area (Å²) < 4.78 is 24.5. The highest BCUT2D eigenvalue weighted by Gasteiger charge is 2.74. The number of ether oxygens (including phenoxy) is 4. The van der Waals surface area contributed by atoms with Crippen molar-refractivity contribution >= 4 is 23.8 Å². The van der Waals surface area contributed by atoms with E-state index < -0.39 is 29.7 Å². The molecule has 5 fully saturated rings. The Bertz CT molecular complexity index is 997. The molecular weight excluding hydrogens is 558 g/mol. The minimum Gasteiger partial charge on any atom is -0.461 e. The number of aliphatic hydroxyl groups excluding tert-OH is 2. The van der Waals surface area contributed by atoms with E-state index in [1.54, 1.807) is 0 Å². The second-order valence-electron chi connectivity index (χ2n) is 15.0. The van der Waals surface area contributed by atoms with Gasteiger partial charge < -0.3 is 34.5 Å². The molecule has 42 heavy (non-hydrogen) atoms. The van der Waals surface area contributed by atoms with Crippen molar-refractivity contribution in [1.29, 1.82) is 0 Å². The molecule has 0 aromatic heterocycles. The van der Waals surface area contributed by atoms with Crippen LogP contribution in [-0.4, -0.2) is 82.2 Å². The fourth-order valence-corrected chi connectivity index (χ4v) is 10.5. The molecule has 2 bridgehead atoms. The van der Waals surface area contributed by atoms with Crippen LogP contribution in [0.5, 0.6) is 0 Å². The number of carbonyl (C=O) groups excluding carboxylic acids is 2. The Morgan fingerprint density at radius 2 is 1.76 bits per heavy atom. The normalized spacial score (nSPS) is 43.0. The second kappa shape index (κ2) is 12.0. The number of hydrogen-bond donors (Lipinski definition) is 3. The third-order valence-electron chi connectivity index (χ3n) is 11.3. The van der Waals surface area contributed by atoms with Gasteiger partial charge in [-0.3, -0.25) is 4.79 Å². The van der Waals surface area contributed by atoms with E-state index in [1.165, 1.54) is 11.8 Å². The van der Waals surface area contributed by atoms with E-state index in [0.717, 1.165) is 32.1 Å². The molecule has 1 heterocycles. The zero-order chi connectivity index (χ0) is 30.5. The summed E-state index contributed by atoms with van der Waals surface area (Å²) in [5.41, 5.74) is -0.993. The smallest absolute Gasteiger partial charge is 0.407 e. The van der Waals surface area contributed by atoms with Crippen LogP contribution in [0.15, 0.2) is 0 Å². The Morgan fingerprint density at radius 1 is 1.05 bits per heavy atom. The predicted octanol–water partition coefficient (Wildman–Crippen LogP) is 4.80. The summed E-state index contributed by atoms with van der Waals surface area (Å²) in [4.78, 5) is 25.7. The number of nitrogens with one attached hydrogen (secondary N) is 1. The van der Waals surface area contributed by atoms with Gasteiger partial charge in [-0.1, -0.05) is 27.2 Å². The quantitative estimate of drug-likeness (QED) is 0.363. The van der Waals surface area contributed by atoms with E-state index in [9.17, 15) is 19.8 Å². The fourth-order valence-electron chi connectivity index (χ4n) is 9.40. The summed E-state index contributed by atoms with van der Waals surface area (Å²) in [6.45, 7) is 13.3. The number of aliphatic hydroxyl groups is 2. The highest BCUT2D eigenvalue weighted by molar-refractivity contribution is 8.00. The lowest BCUT2D eigenvalue weighted by molar-refractivity contribution is -0.239. The fraction of sp³-hybridized carbons (Fsp3) is 0.938. The van der Waals surface area contributed by atoms with Gasteiger partial charge >= 0.3 is 12.1 Å². The first-order chi connectivity index (χ1) is 19.7. The number of thioether (sulfide) groups is 1. The molecule has 1 aliphatic heterocycles. The van der Waals surface area contributed by atoms with Crippen LogP contribution in [0, 0.1) is 28.6 Å². The van der Waals surface area contributed by atoms with Gasteiger partial charge in [0.15, 0.2) is 5.79 Å². The Morgan fingerprint density at radius 3 is 2.40 bits per heavy atom. The van der Waals surface area contributed by atoms with Gasteiger partial charge in [0.2, 0.25) is 0 Å². The molecule has 4 saturated carbocycles. The van der Waals surface area contributed by atoms with Gasteiger partial charge in [-0.05, 0) is 83.0 Å².